The molecule has 168 valence electrons. The number of nitrogens with one attached hydrogen (secondary N) is 2. The molecule has 1 aromatic carbocycles. The van der Waals surface area contributed by atoms with Crippen molar-refractivity contribution in [2.75, 3.05) is 27.2 Å². The summed E-state index contributed by atoms with van der Waals surface area (Å²) < 4.78 is 37.7. The summed E-state index contributed by atoms with van der Waals surface area (Å²) in [7, 11) is -0.878. The molecule has 0 aliphatic carbocycles. The molecule has 0 spiro atoms. The second-order valence-electron chi connectivity index (χ2n) is 8.36. The largest absolute Gasteiger partial charge is 0.444 e. The van der Waals surface area contributed by atoms with Crippen molar-refractivity contribution in [3.8, 4) is 0 Å². The lowest BCUT2D eigenvalue weighted by Gasteiger charge is -2.24. The Morgan fingerprint density at radius 1 is 1.17 bits per heavy atom. The van der Waals surface area contributed by atoms with E-state index in [9.17, 15) is 18.0 Å². The summed E-state index contributed by atoms with van der Waals surface area (Å²) >= 11 is 0. The van der Waals surface area contributed by atoms with E-state index in [0.29, 0.717) is 11.1 Å². The summed E-state index contributed by atoms with van der Waals surface area (Å²) in [6, 6.07) is 2.54. The Morgan fingerprint density at radius 3 is 2.33 bits per heavy atom. The predicted octanol–water partition coefficient (Wildman–Crippen LogP) is 1.58. The molecule has 1 heterocycles. The third-order valence-electron chi connectivity index (χ3n) is 4.98. The molecule has 1 aromatic rings. The first kappa shape index (κ1) is 24.1. The van der Waals surface area contributed by atoms with E-state index in [1.165, 1.54) is 25.1 Å². The van der Waals surface area contributed by atoms with Crippen LogP contribution in [0, 0.1) is 13.8 Å². The van der Waals surface area contributed by atoms with E-state index in [-0.39, 0.29) is 23.5 Å². The van der Waals surface area contributed by atoms with Crippen LogP contribution in [0.5, 0.6) is 0 Å². The molecule has 0 unspecified atom stereocenters. The van der Waals surface area contributed by atoms with Crippen molar-refractivity contribution in [1.29, 1.82) is 0 Å². The number of carbonyl (C=O) groups excluding carboxylic acids is 2. The van der Waals surface area contributed by atoms with Crippen molar-refractivity contribution < 1.29 is 27.5 Å². The van der Waals surface area contributed by atoms with Gasteiger partial charge in [0.1, 0.15) is 5.60 Å². The molecule has 2 amide bonds. The maximum Gasteiger partial charge on any atom is 0.410 e. The van der Waals surface area contributed by atoms with E-state index >= 15 is 0 Å². The van der Waals surface area contributed by atoms with Crippen LogP contribution in [0.3, 0.4) is 0 Å². The predicted molar refractivity (Wildman–Crippen MR) is 112 cm³/mol. The fourth-order valence-corrected chi connectivity index (χ4v) is 4.29. The highest BCUT2D eigenvalue weighted by Crippen LogP contribution is 2.22. The lowest BCUT2D eigenvalue weighted by Crippen LogP contribution is -2.44. The van der Waals surface area contributed by atoms with Crippen LogP contribution in [0.2, 0.25) is 0 Å². The van der Waals surface area contributed by atoms with Gasteiger partial charge in [0, 0.05) is 19.2 Å². The van der Waals surface area contributed by atoms with Crippen LogP contribution in [0.4, 0.5) is 4.79 Å². The Balaban J connectivity index is 2.22. The van der Waals surface area contributed by atoms with Gasteiger partial charge in [-0.15, -0.1) is 0 Å². The number of methoxy groups -OCH3 is 1. The summed E-state index contributed by atoms with van der Waals surface area (Å²) in [5, 5.41) is 2.86. The summed E-state index contributed by atoms with van der Waals surface area (Å²) in [4.78, 5) is 26.8. The molecule has 2 atom stereocenters. The number of hydrogen-bond donors (Lipinski definition) is 2. The third-order valence-corrected chi connectivity index (χ3v) is 6.52. The highest BCUT2D eigenvalue weighted by atomic mass is 32.2. The van der Waals surface area contributed by atoms with Crippen molar-refractivity contribution in [2.24, 2.45) is 0 Å². The van der Waals surface area contributed by atoms with Crippen molar-refractivity contribution >= 4 is 22.0 Å². The van der Waals surface area contributed by atoms with E-state index in [0.717, 1.165) is 0 Å². The quantitative estimate of drug-likeness (QED) is 0.717. The molecule has 9 nitrogen and oxygen atoms in total. The fraction of sp³-hybridized carbons (Fsp3) is 0.600. The molecule has 10 heteroatoms. The van der Waals surface area contributed by atoms with Crippen molar-refractivity contribution in [3.05, 3.63) is 28.8 Å². The Bertz CT molecular complexity index is 923. The Kier molecular flexibility index (Phi) is 7.16. The average molecular weight is 442 g/mol. The minimum absolute atomic E-state index is 0.0558. The van der Waals surface area contributed by atoms with Gasteiger partial charge in [0.05, 0.1) is 23.6 Å². The summed E-state index contributed by atoms with van der Waals surface area (Å²) in [5.74, 6) is -0.441. The summed E-state index contributed by atoms with van der Waals surface area (Å²) in [6.45, 7) is 9.30. The van der Waals surface area contributed by atoms with Crippen molar-refractivity contribution in [3.63, 3.8) is 0 Å². The Hall–Kier alpha value is -2.17. The maximum atomic E-state index is 12.9. The number of nitrogens with zero attached hydrogens (tertiary/aromatic N) is 1. The van der Waals surface area contributed by atoms with Crippen LogP contribution in [-0.4, -0.2) is 70.3 Å². The minimum Gasteiger partial charge on any atom is -0.444 e. The average Bonchev–Trinajstić information content (AvgIpc) is 3.05. The van der Waals surface area contributed by atoms with Gasteiger partial charge >= 0.3 is 6.09 Å². The highest BCUT2D eigenvalue weighted by Gasteiger charge is 2.38. The molecule has 1 fully saturated rings. The number of rotatable bonds is 5. The van der Waals surface area contributed by atoms with Crippen LogP contribution in [0.1, 0.15) is 42.3 Å². The standard InChI is InChI=1S/C20H31N3O6S/c1-12-8-14(9-17(13(12)2)30(26,27)21-6)18(24)22-15-10-23(11-16(15)28-7)19(25)29-20(3,4)5/h8-9,15-16,21H,10-11H2,1-7H3,(H,22,24)/t15-,16-/m0/s1. The zero-order valence-electron chi connectivity index (χ0n) is 18.5. The van der Waals surface area contributed by atoms with Gasteiger partial charge in [-0.1, -0.05) is 0 Å². The number of likely N-dealkylation sites (tertiary alicyclic amines) is 1. The number of carbonyl (C=O) groups is 2. The number of sulfonamides is 1. The van der Waals surface area contributed by atoms with E-state index in [1.54, 1.807) is 40.7 Å². The monoisotopic (exact) mass is 441 g/mol. The zero-order chi connectivity index (χ0) is 22.9. The molecule has 0 aromatic heterocycles. The van der Waals surface area contributed by atoms with E-state index in [4.69, 9.17) is 9.47 Å². The van der Waals surface area contributed by atoms with Crippen LogP contribution in [0.15, 0.2) is 17.0 Å². The summed E-state index contributed by atoms with van der Waals surface area (Å²) in [5.41, 5.74) is 0.849. The van der Waals surface area contributed by atoms with Gasteiger partial charge < -0.3 is 19.7 Å². The number of amides is 2. The van der Waals surface area contributed by atoms with Crippen molar-refractivity contribution in [2.45, 2.75) is 57.3 Å². The summed E-state index contributed by atoms with van der Waals surface area (Å²) in [6.07, 6.45) is -0.886. The molecular formula is C20H31N3O6S. The molecule has 0 radical (unpaired) electrons. The molecule has 1 aliphatic heterocycles. The first-order valence-electron chi connectivity index (χ1n) is 9.65. The van der Waals surface area contributed by atoms with E-state index < -0.39 is 39.8 Å². The van der Waals surface area contributed by atoms with Gasteiger partial charge in [-0.3, -0.25) is 4.79 Å². The van der Waals surface area contributed by atoms with Gasteiger partial charge in [-0.05, 0) is 64.9 Å². The number of aryl methyl sites for hydroxylation is 1. The second-order valence-corrected chi connectivity index (χ2v) is 10.2. The number of ether oxygens (including phenoxy) is 2. The van der Waals surface area contributed by atoms with Crippen LogP contribution < -0.4 is 10.0 Å². The lowest BCUT2D eigenvalue weighted by molar-refractivity contribution is 0.0252. The van der Waals surface area contributed by atoms with Crippen LogP contribution >= 0.6 is 0 Å². The molecular weight excluding hydrogens is 410 g/mol. The maximum absolute atomic E-state index is 12.9. The van der Waals surface area contributed by atoms with Crippen molar-refractivity contribution in [1.82, 2.24) is 14.9 Å². The van der Waals surface area contributed by atoms with Gasteiger partial charge in [-0.25, -0.2) is 17.9 Å². The van der Waals surface area contributed by atoms with E-state index in [1.807, 2.05) is 0 Å². The third kappa shape index (κ3) is 5.50. The number of benzene rings is 1. The first-order valence-corrected chi connectivity index (χ1v) is 11.1. The van der Waals surface area contributed by atoms with Gasteiger partial charge in [0.15, 0.2) is 0 Å². The van der Waals surface area contributed by atoms with Gasteiger partial charge in [0.25, 0.3) is 5.91 Å². The van der Waals surface area contributed by atoms with Crippen LogP contribution in [-0.2, 0) is 19.5 Å². The minimum atomic E-state index is -3.71. The first-order chi connectivity index (χ1) is 13.8. The molecule has 1 saturated heterocycles. The molecule has 2 N–H and O–H groups in total. The van der Waals surface area contributed by atoms with E-state index in [2.05, 4.69) is 10.0 Å². The normalized spacial score (nSPS) is 19.6. The lowest BCUT2D eigenvalue weighted by atomic mass is 10.1. The smallest absolute Gasteiger partial charge is 0.410 e. The molecule has 0 bridgehead atoms. The molecule has 0 saturated carbocycles. The van der Waals surface area contributed by atoms with Crippen LogP contribution in [0.25, 0.3) is 0 Å². The fourth-order valence-electron chi connectivity index (χ4n) is 3.23. The molecule has 30 heavy (non-hydrogen) atoms. The van der Waals surface area contributed by atoms with Gasteiger partial charge in [-0.2, -0.15) is 0 Å². The molecule has 2 rings (SSSR count). The number of hydrogen-bond acceptors (Lipinski definition) is 6. The van der Waals surface area contributed by atoms with Gasteiger partial charge in [0.2, 0.25) is 10.0 Å². The Labute approximate surface area is 178 Å². The Morgan fingerprint density at radius 2 is 1.80 bits per heavy atom. The second kappa shape index (κ2) is 8.91. The highest BCUT2D eigenvalue weighted by molar-refractivity contribution is 7.89. The zero-order valence-corrected chi connectivity index (χ0v) is 19.3. The SMILES string of the molecule is CNS(=O)(=O)c1cc(C(=O)N[C@H]2CN(C(=O)OC(C)(C)C)C[C@@H]2OC)cc(C)c1C. The topological polar surface area (TPSA) is 114 Å². The molecule has 1 aliphatic rings.